The van der Waals surface area contributed by atoms with E-state index in [2.05, 4.69) is 15.5 Å². The van der Waals surface area contributed by atoms with Gasteiger partial charge in [-0.15, -0.1) is 16.4 Å². The van der Waals surface area contributed by atoms with Crippen molar-refractivity contribution < 1.29 is 19.1 Å². The molecule has 1 unspecified atom stereocenters. The lowest BCUT2D eigenvalue weighted by Gasteiger charge is -2.13. The van der Waals surface area contributed by atoms with Gasteiger partial charge in [0.15, 0.2) is 5.16 Å². The summed E-state index contributed by atoms with van der Waals surface area (Å²) in [5.74, 6) is -0.648. The third kappa shape index (κ3) is 5.58. The van der Waals surface area contributed by atoms with Crippen LogP contribution in [-0.4, -0.2) is 52.2 Å². The normalized spacial score (nSPS) is 14.2. The molecule has 0 aliphatic heterocycles. The molecule has 1 atom stereocenters. The molecule has 31 heavy (non-hydrogen) atoms. The second kappa shape index (κ2) is 11.0. The SMILES string of the molecule is CCOC(=O)c1c(NC(=O)C(C)Sc2n[nH]c(=O)n2CCCOC)sc2c1CCCC2. The number of thiophene rings is 1. The summed E-state index contributed by atoms with van der Waals surface area (Å²) in [6.07, 6.45) is 4.49. The van der Waals surface area contributed by atoms with Crippen LogP contribution < -0.4 is 11.0 Å². The molecular formula is C20H28N4O5S2. The monoisotopic (exact) mass is 468 g/mol. The predicted octanol–water partition coefficient (Wildman–Crippen LogP) is 2.84. The fourth-order valence-corrected chi connectivity index (χ4v) is 5.62. The molecule has 2 aromatic heterocycles. The van der Waals surface area contributed by atoms with Gasteiger partial charge in [0.05, 0.1) is 17.4 Å². The van der Waals surface area contributed by atoms with Crippen molar-refractivity contribution in [1.82, 2.24) is 14.8 Å². The van der Waals surface area contributed by atoms with Crippen LogP contribution in [-0.2, 0) is 33.7 Å². The number of esters is 1. The first-order chi connectivity index (χ1) is 15.0. The number of fused-ring (bicyclic) bond motifs is 1. The number of aryl methyl sites for hydroxylation is 1. The highest BCUT2D eigenvalue weighted by Gasteiger charge is 2.28. The summed E-state index contributed by atoms with van der Waals surface area (Å²) in [6.45, 7) is 4.77. The smallest absolute Gasteiger partial charge is 0.343 e. The maximum atomic E-state index is 12.9. The van der Waals surface area contributed by atoms with Gasteiger partial charge in [-0.3, -0.25) is 9.36 Å². The van der Waals surface area contributed by atoms with Crippen LogP contribution in [0.3, 0.4) is 0 Å². The van der Waals surface area contributed by atoms with Crippen LogP contribution in [0.25, 0.3) is 0 Å². The zero-order valence-corrected chi connectivity index (χ0v) is 19.6. The molecule has 0 spiro atoms. The van der Waals surface area contributed by atoms with Gasteiger partial charge in [-0.05, 0) is 51.5 Å². The Bertz CT molecular complexity index is 981. The van der Waals surface area contributed by atoms with Gasteiger partial charge in [-0.25, -0.2) is 14.7 Å². The summed E-state index contributed by atoms with van der Waals surface area (Å²) < 4.78 is 11.8. The minimum Gasteiger partial charge on any atom is -0.462 e. The second-order valence-electron chi connectivity index (χ2n) is 7.19. The molecule has 0 radical (unpaired) electrons. The maximum Gasteiger partial charge on any atom is 0.343 e. The molecule has 0 saturated heterocycles. The number of rotatable bonds is 10. The number of H-pyrrole nitrogens is 1. The number of hydrogen-bond acceptors (Lipinski definition) is 8. The number of ether oxygens (including phenoxy) is 2. The Morgan fingerprint density at radius 2 is 2.13 bits per heavy atom. The molecule has 0 bridgehead atoms. The Kier molecular flexibility index (Phi) is 8.33. The van der Waals surface area contributed by atoms with Crippen LogP contribution in [0, 0.1) is 0 Å². The first-order valence-electron chi connectivity index (χ1n) is 10.4. The molecule has 170 valence electrons. The quantitative estimate of drug-likeness (QED) is 0.313. The van der Waals surface area contributed by atoms with Crippen LogP contribution in [0.5, 0.6) is 0 Å². The lowest BCUT2D eigenvalue weighted by Crippen LogP contribution is -2.25. The zero-order chi connectivity index (χ0) is 22.4. The van der Waals surface area contributed by atoms with Crippen LogP contribution in [0.15, 0.2) is 9.95 Å². The molecular weight excluding hydrogens is 440 g/mol. The molecule has 0 aromatic carbocycles. The topological polar surface area (TPSA) is 115 Å². The fraction of sp³-hybridized carbons (Fsp3) is 0.600. The number of methoxy groups -OCH3 is 1. The molecule has 3 rings (SSSR count). The van der Waals surface area contributed by atoms with Crippen molar-refractivity contribution in [2.75, 3.05) is 25.6 Å². The van der Waals surface area contributed by atoms with E-state index in [0.717, 1.165) is 36.1 Å². The van der Waals surface area contributed by atoms with Gasteiger partial charge < -0.3 is 14.8 Å². The Morgan fingerprint density at radius 3 is 2.87 bits per heavy atom. The third-order valence-electron chi connectivity index (χ3n) is 4.99. The van der Waals surface area contributed by atoms with E-state index in [1.807, 2.05) is 0 Å². The number of nitrogens with one attached hydrogen (secondary N) is 2. The zero-order valence-electron chi connectivity index (χ0n) is 18.0. The molecule has 2 N–H and O–H groups in total. The van der Waals surface area contributed by atoms with Crippen molar-refractivity contribution in [3.8, 4) is 0 Å². The first-order valence-corrected chi connectivity index (χ1v) is 12.1. The molecule has 11 heteroatoms. The van der Waals surface area contributed by atoms with Gasteiger partial charge in [0.25, 0.3) is 0 Å². The molecule has 1 aliphatic rings. The Balaban J connectivity index is 1.74. The number of carbonyl (C=O) groups is 2. The van der Waals surface area contributed by atoms with Gasteiger partial charge in [0.2, 0.25) is 5.91 Å². The molecule has 2 heterocycles. The maximum absolute atomic E-state index is 12.9. The van der Waals surface area contributed by atoms with E-state index in [0.29, 0.717) is 35.3 Å². The summed E-state index contributed by atoms with van der Waals surface area (Å²) in [7, 11) is 1.60. The fourth-order valence-electron chi connectivity index (χ4n) is 3.46. The van der Waals surface area contributed by atoms with Crippen molar-refractivity contribution in [2.24, 2.45) is 0 Å². The average molecular weight is 469 g/mol. The molecule has 0 saturated carbocycles. The predicted molar refractivity (Wildman–Crippen MR) is 120 cm³/mol. The van der Waals surface area contributed by atoms with Gasteiger partial charge in [0.1, 0.15) is 5.00 Å². The van der Waals surface area contributed by atoms with E-state index in [1.165, 1.54) is 27.7 Å². The summed E-state index contributed by atoms with van der Waals surface area (Å²) in [4.78, 5) is 38.7. The van der Waals surface area contributed by atoms with Crippen molar-refractivity contribution in [2.45, 2.75) is 62.9 Å². The Hall–Kier alpha value is -2.11. The van der Waals surface area contributed by atoms with E-state index in [-0.39, 0.29) is 18.2 Å². The number of amides is 1. The summed E-state index contributed by atoms with van der Waals surface area (Å²) in [5.41, 5.74) is 1.18. The van der Waals surface area contributed by atoms with E-state index in [1.54, 1.807) is 21.0 Å². The van der Waals surface area contributed by atoms with Crippen LogP contribution in [0.1, 0.15) is 53.9 Å². The first kappa shape index (κ1) is 23.6. The van der Waals surface area contributed by atoms with E-state index in [9.17, 15) is 14.4 Å². The number of aromatic nitrogens is 3. The highest BCUT2D eigenvalue weighted by Crippen LogP contribution is 2.39. The van der Waals surface area contributed by atoms with Gasteiger partial charge >= 0.3 is 11.7 Å². The van der Waals surface area contributed by atoms with E-state index in [4.69, 9.17) is 9.47 Å². The highest BCUT2D eigenvalue weighted by atomic mass is 32.2. The van der Waals surface area contributed by atoms with Crippen molar-refractivity contribution in [3.05, 3.63) is 26.5 Å². The van der Waals surface area contributed by atoms with E-state index >= 15 is 0 Å². The highest BCUT2D eigenvalue weighted by molar-refractivity contribution is 8.00. The second-order valence-corrected chi connectivity index (χ2v) is 9.61. The minimum atomic E-state index is -0.523. The van der Waals surface area contributed by atoms with Crippen LogP contribution in [0.4, 0.5) is 5.00 Å². The van der Waals surface area contributed by atoms with Gasteiger partial charge in [-0.1, -0.05) is 11.8 Å². The summed E-state index contributed by atoms with van der Waals surface area (Å²) >= 11 is 2.65. The molecule has 1 amide bonds. The summed E-state index contributed by atoms with van der Waals surface area (Å²) in [5, 5.41) is 9.86. The van der Waals surface area contributed by atoms with Crippen molar-refractivity contribution in [3.63, 3.8) is 0 Å². The van der Waals surface area contributed by atoms with Gasteiger partial charge in [-0.2, -0.15) is 0 Å². The van der Waals surface area contributed by atoms with Crippen LogP contribution >= 0.6 is 23.1 Å². The standard InChI is InChI=1S/C20H28N4O5S2/c1-4-29-18(26)15-13-8-5-6-9-14(13)31-17(15)21-16(25)12(2)30-20-23-22-19(27)24(20)10-7-11-28-3/h12H,4-11H2,1-3H3,(H,21,25)(H,22,27). The average Bonchev–Trinajstić information content (AvgIpc) is 3.28. The molecule has 9 nitrogen and oxygen atoms in total. The van der Waals surface area contributed by atoms with Crippen LogP contribution in [0.2, 0.25) is 0 Å². The largest absolute Gasteiger partial charge is 0.462 e. The molecule has 1 aliphatic carbocycles. The Morgan fingerprint density at radius 1 is 1.35 bits per heavy atom. The summed E-state index contributed by atoms with van der Waals surface area (Å²) in [6, 6.07) is 0. The third-order valence-corrected chi connectivity index (χ3v) is 7.29. The number of carbonyl (C=O) groups excluding carboxylic acids is 2. The van der Waals surface area contributed by atoms with Crippen molar-refractivity contribution >= 4 is 40.0 Å². The molecule has 2 aromatic rings. The lowest BCUT2D eigenvalue weighted by molar-refractivity contribution is -0.115. The Labute approximate surface area is 188 Å². The van der Waals surface area contributed by atoms with E-state index < -0.39 is 11.2 Å². The number of nitrogens with zero attached hydrogens (tertiary/aromatic N) is 2. The lowest BCUT2D eigenvalue weighted by atomic mass is 9.95. The number of anilines is 1. The number of thioether (sulfide) groups is 1. The molecule has 0 fully saturated rings. The van der Waals surface area contributed by atoms with Crippen molar-refractivity contribution in [1.29, 1.82) is 0 Å². The number of aromatic amines is 1. The minimum absolute atomic E-state index is 0.256. The van der Waals surface area contributed by atoms with Gasteiger partial charge in [0, 0.05) is 25.1 Å². The number of hydrogen-bond donors (Lipinski definition) is 2.